The second-order valence-corrected chi connectivity index (χ2v) is 7.48. The zero-order valence-corrected chi connectivity index (χ0v) is 15.2. The molecular weight excluding hydrogens is 333 g/mol. The number of hydrogen-bond acceptors (Lipinski definition) is 1. The molecule has 0 saturated heterocycles. The second-order valence-electron chi connectivity index (χ2n) is 7.48. The Morgan fingerprint density at radius 3 is 2.41 bits per heavy atom. The first-order valence-electron chi connectivity index (χ1n) is 9.67. The van der Waals surface area contributed by atoms with Crippen LogP contribution >= 0.6 is 0 Å². The smallest absolute Gasteiger partial charge is 0.123 e. The summed E-state index contributed by atoms with van der Waals surface area (Å²) < 4.78 is 13.6. The maximum absolute atomic E-state index is 13.6. The molecule has 0 unspecified atom stereocenters. The van der Waals surface area contributed by atoms with Crippen molar-refractivity contribution in [2.45, 2.75) is 31.2 Å². The fourth-order valence-electron chi connectivity index (χ4n) is 4.84. The van der Waals surface area contributed by atoms with Gasteiger partial charge in [0.1, 0.15) is 5.82 Å². The van der Waals surface area contributed by atoms with Crippen molar-refractivity contribution in [1.29, 1.82) is 0 Å². The van der Waals surface area contributed by atoms with Crippen molar-refractivity contribution in [1.82, 2.24) is 0 Å². The van der Waals surface area contributed by atoms with Crippen molar-refractivity contribution >= 4 is 5.69 Å². The summed E-state index contributed by atoms with van der Waals surface area (Å²) in [4.78, 5) is 2.47. The number of benzene rings is 3. The molecule has 3 aromatic rings. The lowest BCUT2D eigenvalue weighted by molar-refractivity contribution is 0.503. The normalized spacial score (nSPS) is 20.8. The van der Waals surface area contributed by atoms with Crippen molar-refractivity contribution < 1.29 is 4.39 Å². The van der Waals surface area contributed by atoms with E-state index in [1.807, 2.05) is 12.1 Å². The zero-order chi connectivity index (χ0) is 18.3. The number of hydrogen-bond donors (Lipinski definition) is 0. The van der Waals surface area contributed by atoms with Gasteiger partial charge < -0.3 is 4.90 Å². The van der Waals surface area contributed by atoms with E-state index in [4.69, 9.17) is 0 Å². The molecule has 1 aliphatic heterocycles. The molecule has 1 aliphatic carbocycles. The third kappa shape index (κ3) is 2.51. The van der Waals surface area contributed by atoms with E-state index in [1.165, 1.54) is 28.1 Å². The van der Waals surface area contributed by atoms with Gasteiger partial charge in [0.2, 0.25) is 0 Å². The molecule has 134 valence electrons. The SMILES string of the molecule is Fc1ccc([C@@]23CCCC=C2N(Cc2ccccc2)c2ccccc23)cc1. The zero-order valence-electron chi connectivity index (χ0n) is 15.2. The lowest BCUT2D eigenvalue weighted by Gasteiger charge is -2.37. The van der Waals surface area contributed by atoms with E-state index in [0.717, 1.165) is 25.8 Å². The van der Waals surface area contributed by atoms with E-state index >= 15 is 0 Å². The van der Waals surface area contributed by atoms with Crippen LogP contribution in [-0.2, 0) is 12.0 Å². The van der Waals surface area contributed by atoms with Gasteiger partial charge in [-0.25, -0.2) is 4.39 Å². The molecule has 1 nitrogen and oxygen atoms in total. The Kier molecular flexibility index (Phi) is 3.86. The molecule has 3 aromatic carbocycles. The molecule has 1 heterocycles. The Bertz CT molecular complexity index is 990. The van der Waals surface area contributed by atoms with Crippen LogP contribution in [0.1, 0.15) is 36.0 Å². The molecule has 0 amide bonds. The summed E-state index contributed by atoms with van der Waals surface area (Å²) in [5.74, 6) is -0.177. The van der Waals surface area contributed by atoms with Crippen LogP contribution in [0.5, 0.6) is 0 Å². The van der Waals surface area contributed by atoms with Gasteiger partial charge in [0.05, 0.1) is 5.41 Å². The maximum Gasteiger partial charge on any atom is 0.123 e. The average Bonchev–Trinajstić information content (AvgIpc) is 3.01. The molecule has 1 atom stereocenters. The molecule has 2 heteroatoms. The van der Waals surface area contributed by atoms with Gasteiger partial charge in [0.15, 0.2) is 0 Å². The van der Waals surface area contributed by atoms with Gasteiger partial charge in [0, 0.05) is 17.9 Å². The van der Waals surface area contributed by atoms with Crippen LogP contribution in [0.3, 0.4) is 0 Å². The van der Waals surface area contributed by atoms with Gasteiger partial charge in [-0.3, -0.25) is 0 Å². The Labute approximate surface area is 159 Å². The summed E-state index contributed by atoms with van der Waals surface area (Å²) in [6.45, 7) is 0.854. The van der Waals surface area contributed by atoms with E-state index in [0.29, 0.717) is 0 Å². The molecule has 0 saturated carbocycles. The lowest BCUT2D eigenvalue weighted by Crippen LogP contribution is -2.34. The first kappa shape index (κ1) is 16.3. The predicted molar refractivity (Wildman–Crippen MR) is 108 cm³/mol. The minimum absolute atomic E-state index is 0.169. The van der Waals surface area contributed by atoms with Gasteiger partial charge in [-0.15, -0.1) is 0 Å². The maximum atomic E-state index is 13.6. The second kappa shape index (κ2) is 6.38. The van der Waals surface area contributed by atoms with Crippen LogP contribution in [-0.4, -0.2) is 0 Å². The van der Waals surface area contributed by atoms with Crippen LogP contribution in [0.4, 0.5) is 10.1 Å². The van der Waals surface area contributed by atoms with Gasteiger partial charge in [-0.2, -0.15) is 0 Å². The summed E-state index contributed by atoms with van der Waals surface area (Å²) in [6, 6.07) is 26.5. The average molecular weight is 355 g/mol. The monoisotopic (exact) mass is 355 g/mol. The fourth-order valence-corrected chi connectivity index (χ4v) is 4.84. The highest BCUT2D eigenvalue weighted by molar-refractivity contribution is 5.75. The quantitative estimate of drug-likeness (QED) is 0.541. The third-order valence-electron chi connectivity index (χ3n) is 6.00. The van der Waals surface area contributed by atoms with Crippen LogP contribution < -0.4 is 4.90 Å². The molecule has 0 radical (unpaired) electrons. The highest BCUT2D eigenvalue weighted by Crippen LogP contribution is 2.56. The van der Waals surface area contributed by atoms with Crippen LogP contribution in [0.15, 0.2) is 90.6 Å². The standard InChI is InChI=1S/C25H22FN/c26-21-15-13-20(14-16-21)25-17-7-6-12-24(25)27(18-19-8-2-1-3-9-19)23-11-5-4-10-22(23)25/h1-5,8-16H,6-7,17-18H2/t25-/m1/s1. The van der Waals surface area contributed by atoms with Crippen LogP contribution in [0, 0.1) is 5.82 Å². The number of anilines is 1. The molecular formula is C25H22FN. The van der Waals surface area contributed by atoms with Crippen molar-refractivity contribution in [3.05, 3.63) is 113 Å². The van der Waals surface area contributed by atoms with Crippen LogP contribution in [0.2, 0.25) is 0 Å². The molecule has 5 rings (SSSR count). The summed E-state index contributed by atoms with van der Waals surface area (Å²) in [6.07, 6.45) is 5.70. The Morgan fingerprint density at radius 1 is 0.852 bits per heavy atom. The first-order valence-corrected chi connectivity index (χ1v) is 9.67. The van der Waals surface area contributed by atoms with Crippen LogP contribution in [0.25, 0.3) is 0 Å². The Hall–Kier alpha value is -2.87. The largest absolute Gasteiger partial charge is 0.339 e. The third-order valence-corrected chi connectivity index (χ3v) is 6.00. The highest BCUT2D eigenvalue weighted by atomic mass is 19.1. The van der Waals surface area contributed by atoms with Gasteiger partial charge in [0.25, 0.3) is 0 Å². The van der Waals surface area contributed by atoms with E-state index in [1.54, 1.807) is 12.1 Å². The number of fused-ring (bicyclic) bond motifs is 3. The molecule has 27 heavy (non-hydrogen) atoms. The number of rotatable bonds is 3. The Balaban J connectivity index is 1.70. The molecule has 0 fully saturated rings. The minimum Gasteiger partial charge on any atom is -0.339 e. The first-order chi connectivity index (χ1) is 13.3. The lowest BCUT2D eigenvalue weighted by atomic mass is 9.68. The molecule has 0 bridgehead atoms. The molecule has 0 spiro atoms. The highest BCUT2D eigenvalue weighted by Gasteiger charge is 2.48. The molecule has 0 aromatic heterocycles. The van der Waals surface area contributed by atoms with Gasteiger partial charge in [-0.05, 0) is 54.2 Å². The minimum atomic E-state index is -0.177. The number of halogens is 1. The number of nitrogens with zero attached hydrogens (tertiary/aromatic N) is 1. The van der Waals surface area contributed by atoms with Gasteiger partial charge in [-0.1, -0.05) is 66.7 Å². The number of para-hydroxylation sites is 1. The van der Waals surface area contributed by atoms with E-state index in [2.05, 4.69) is 65.6 Å². The summed E-state index contributed by atoms with van der Waals surface area (Å²) in [5, 5.41) is 0. The Morgan fingerprint density at radius 2 is 1.59 bits per heavy atom. The van der Waals surface area contributed by atoms with Crippen molar-refractivity contribution in [3.8, 4) is 0 Å². The van der Waals surface area contributed by atoms with E-state index < -0.39 is 0 Å². The van der Waals surface area contributed by atoms with Crippen molar-refractivity contribution in [2.24, 2.45) is 0 Å². The topological polar surface area (TPSA) is 3.24 Å². The summed E-state index contributed by atoms with van der Waals surface area (Å²) in [5.41, 5.74) is 6.30. The molecule has 0 N–H and O–H groups in total. The fraction of sp³-hybridized carbons (Fsp3) is 0.200. The van der Waals surface area contributed by atoms with E-state index in [9.17, 15) is 4.39 Å². The predicted octanol–water partition coefficient (Wildman–Crippen LogP) is 6.20. The number of allylic oxidation sites excluding steroid dienone is 2. The molecule has 2 aliphatic rings. The van der Waals surface area contributed by atoms with Crippen molar-refractivity contribution in [3.63, 3.8) is 0 Å². The van der Waals surface area contributed by atoms with E-state index in [-0.39, 0.29) is 11.2 Å². The van der Waals surface area contributed by atoms with Crippen molar-refractivity contribution in [2.75, 3.05) is 4.90 Å². The summed E-state index contributed by atoms with van der Waals surface area (Å²) >= 11 is 0. The summed E-state index contributed by atoms with van der Waals surface area (Å²) in [7, 11) is 0. The van der Waals surface area contributed by atoms with Gasteiger partial charge >= 0.3 is 0 Å².